The molecular formula is C16H23BrClNO. The average Bonchev–Trinajstić information content (AvgIpc) is 2.51. The number of hydrogen-bond acceptors (Lipinski definition) is 2. The van der Waals surface area contributed by atoms with Crippen molar-refractivity contribution >= 4 is 27.5 Å². The Morgan fingerprint density at radius 3 is 2.45 bits per heavy atom. The van der Waals surface area contributed by atoms with Gasteiger partial charge in [-0.05, 0) is 58.9 Å². The molecule has 0 amide bonds. The van der Waals surface area contributed by atoms with Crippen LogP contribution >= 0.6 is 27.5 Å². The SMILES string of the molecule is CNC(c1ccc(Cl)cc1Br)C1CC(C)(C)OC1(C)C. The van der Waals surface area contributed by atoms with Crippen molar-refractivity contribution in [1.82, 2.24) is 5.32 Å². The Labute approximate surface area is 135 Å². The molecule has 2 unspecified atom stereocenters. The van der Waals surface area contributed by atoms with E-state index in [9.17, 15) is 0 Å². The first-order valence-electron chi connectivity index (χ1n) is 6.99. The molecule has 0 spiro atoms. The molecule has 2 atom stereocenters. The van der Waals surface area contributed by atoms with Crippen LogP contribution in [0.1, 0.15) is 45.7 Å². The molecule has 2 nitrogen and oxygen atoms in total. The summed E-state index contributed by atoms with van der Waals surface area (Å²) >= 11 is 9.69. The van der Waals surface area contributed by atoms with Gasteiger partial charge in [0.05, 0.1) is 11.2 Å². The first-order chi connectivity index (χ1) is 9.16. The molecule has 1 aliphatic rings. The van der Waals surface area contributed by atoms with Gasteiger partial charge in [0.2, 0.25) is 0 Å². The summed E-state index contributed by atoms with van der Waals surface area (Å²) < 4.78 is 7.28. The summed E-state index contributed by atoms with van der Waals surface area (Å²) in [6.07, 6.45) is 1.03. The summed E-state index contributed by atoms with van der Waals surface area (Å²) in [7, 11) is 2.01. The lowest BCUT2D eigenvalue weighted by atomic mass is 9.79. The van der Waals surface area contributed by atoms with Gasteiger partial charge in [-0.3, -0.25) is 0 Å². The minimum atomic E-state index is -0.156. The number of halogens is 2. The van der Waals surface area contributed by atoms with Gasteiger partial charge in [0.15, 0.2) is 0 Å². The highest BCUT2D eigenvalue weighted by Gasteiger charge is 2.49. The third-order valence-corrected chi connectivity index (χ3v) is 5.08. The predicted octanol–water partition coefficient (Wildman–Crippen LogP) is 4.96. The number of rotatable bonds is 3. The number of nitrogens with one attached hydrogen (secondary N) is 1. The van der Waals surface area contributed by atoms with E-state index in [1.54, 1.807) is 0 Å². The largest absolute Gasteiger partial charge is 0.369 e. The summed E-state index contributed by atoms with van der Waals surface area (Å²) in [6.45, 7) is 8.69. The highest BCUT2D eigenvalue weighted by molar-refractivity contribution is 9.10. The van der Waals surface area contributed by atoms with Crippen LogP contribution in [0.25, 0.3) is 0 Å². The lowest BCUT2D eigenvalue weighted by Gasteiger charge is -2.33. The van der Waals surface area contributed by atoms with Crippen molar-refractivity contribution in [2.75, 3.05) is 7.05 Å². The van der Waals surface area contributed by atoms with Crippen molar-refractivity contribution < 1.29 is 4.74 Å². The van der Waals surface area contributed by atoms with Gasteiger partial charge in [-0.1, -0.05) is 33.6 Å². The van der Waals surface area contributed by atoms with Crippen LogP contribution in [0.4, 0.5) is 0 Å². The van der Waals surface area contributed by atoms with Crippen LogP contribution in [0.2, 0.25) is 5.02 Å². The molecule has 20 heavy (non-hydrogen) atoms. The molecule has 1 fully saturated rings. The van der Waals surface area contributed by atoms with Gasteiger partial charge in [-0.25, -0.2) is 0 Å². The fourth-order valence-electron chi connectivity index (χ4n) is 3.45. The Bertz CT molecular complexity index is 501. The minimum Gasteiger partial charge on any atom is -0.369 e. The van der Waals surface area contributed by atoms with E-state index < -0.39 is 0 Å². The Hall–Kier alpha value is -0.0900. The predicted molar refractivity (Wildman–Crippen MR) is 88.3 cm³/mol. The molecule has 0 aromatic heterocycles. The van der Waals surface area contributed by atoms with Crippen molar-refractivity contribution in [2.45, 2.75) is 51.4 Å². The quantitative estimate of drug-likeness (QED) is 0.823. The van der Waals surface area contributed by atoms with Gasteiger partial charge < -0.3 is 10.1 Å². The van der Waals surface area contributed by atoms with Crippen molar-refractivity contribution in [3.63, 3.8) is 0 Å². The van der Waals surface area contributed by atoms with Gasteiger partial charge in [0.1, 0.15) is 0 Å². The summed E-state index contributed by atoms with van der Waals surface area (Å²) in [4.78, 5) is 0. The van der Waals surface area contributed by atoms with Gasteiger partial charge in [0, 0.05) is 21.5 Å². The zero-order chi connectivity index (χ0) is 15.1. The summed E-state index contributed by atoms with van der Waals surface area (Å²) in [6, 6.07) is 6.22. The smallest absolute Gasteiger partial charge is 0.0681 e. The maximum absolute atomic E-state index is 6.24. The third kappa shape index (κ3) is 3.22. The van der Waals surface area contributed by atoms with Gasteiger partial charge in [0.25, 0.3) is 0 Å². The minimum absolute atomic E-state index is 0.0812. The summed E-state index contributed by atoms with van der Waals surface area (Å²) in [5.41, 5.74) is 0.995. The molecule has 1 aliphatic heterocycles. The fourth-order valence-corrected chi connectivity index (χ4v) is 4.38. The van der Waals surface area contributed by atoms with E-state index in [1.165, 1.54) is 5.56 Å². The van der Waals surface area contributed by atoms with E-state index in [2.05, 4.69) is 55.0 Å². The molecule has 0 aliphatic carbocycles. The molecule has 0 saturated carbocycles. The lowest BCUT2D eigenvalue weighted by Crippen LogP contribution is -2.37. The molecule has 2 rings (SSSR count). The maximum Gasteiger partial charge on any atom is 0.0681 e. The van der Waals surface area contributed by atoms with Crippen molar-refractivity contribution in [1.29, 1.82) is 0 Å². The molecule has 1 aromatic rings. The van der Waals surface area contributed by atoms with E-state index in [1.807, 2.05) is 19.2 Å². The molecule has 0 radical (unpaired) electrons. The van der Waals surface area contributed by atoms with E-state index in [0.29, 0.717) is 5.92 Å². The Balaban J connectivity index is 2.37. The molecular weight excluding hydrogens is 338 g/mol. The lowest BCUT2D eigenvalue weighted by molar-refractivity contribution is -0.0776. The second-order valence-corrected chi connectivity index (χ2v) is 8.00. The van der Waals surface area contributed by atoms with Crippen molar-refractivity contribution in [3.05, 3.63) is 33.3 Å². The monoisotopic (exact) mass is 359 g/mol. The molecule has 1 heterocycles. The topological polar surface area (TPSA) is 21.3 Å². The fraction of sp³-hybridized carbons (Fsp3) is 0.625. The van der Waals surface area contributed by atoms with Crippen LogP contribution < -0.4 is 5.32 Å². The zero-order valence-corrected chi connectivity index (χ0v) is 15.1. The standard InChI is InChI=1S/C16H23BrClNO/c1-15(2)9-12(16(3,4)20-15)14(19-5)11-7-6-10(18)8-13(11)17/h6-8,12,14,19H,9H2,1-5H3. The average molecular weight is 361 g/mol. The van der Waals surface area contributed by atoms with E-state index in [4.69, 9.17) is 16.3 Å². The first kappa shape index (κ1) is 16.3. The zero-order valence-electron chi connectivity index (χ0n) is 12.8. The highest BCUT2D eigenvalue weighted by atomic mass is 79.9. The third-order valence-electron chi connectivity index (χ3n) is 4.15. The maximum atomic E-state index is 6.24. The van der Waals surface area contributed by atoms with Crippen molar-refractivity contribution in [2.24, 2.45) is 5.92 Å². The molecule has 0 bridgehead atoms. The van der Waals surface area contributed by atoms with Crippen LogP contribution in [0.15, 0.2) is 22.7 Å². The highest BCUT2D eigenvalue weighted by Crippen LogP contribution is 2.48. The van der Waals surface area contributed by atoms with Crippen LogP contribution in [-0.4, -0.2) is 18.2 Å². The van der Waals surface area contributed by atoms with E-state index in [0.717, 1.165) is 15.9 Å². The molecule has 112 valence electrons. The van der Waals surface area contributed by atoms with Crippen molar-refractivity contribution in [3.8, 4) is 0 Å². The molecule has 1 N–H and O–H groups in total. The second kappa shape index (κ2) is 5.60. The molecule has 4 heteroatoms. The molecule has 1 saturated heterocycles. The number of ether oxygens (including phenoxy) is 1. The first-order valence-corrected chi connectivity index (χ1v) is 8.16. The van der Waals surface area contributed by atoms with Gasteiger partial charge >= 0.3 is 0 Å². The summed E-state index contributed by atoms with van der Waals surface area (Å²) in [5.74, 6) is 0.403. The number of hydrogen-bond donors (Lipinski definition) is 1. The Kier molecular flexibility index (Phi) is 4.56. The van der Waals surface area contributed by atoms with Gasteiger partial charge in [-0.15, -0.1) is 0 Å². The van der Waals surface area contributed by atoms with E-state index >= 15 is 0 Å². The Morgan fingerprint density at radius 1 is 1.35 bits per heavy atom. The van der Waals surface area contributed by atoms with Crippen LogP contribution in [-0.2, 0) is 4.74 Å². The van der Waals surface area contributed by atoms with Crippen LogP contribution in [0, 0.1) is 5.92 Å². The second-order valence-electron chi connectivity index (χ2n) is 6.71. The van der Waals surface area contributed by atoms with Gasteiger partial charge in [-0.2, -0.15) is 0 Å². The van der Waals surface area contributed by atoms with E-state index in [-0.39, 0.29) is 17.2 Å². The normalized spacial score (nSPS) is 25.6. The summed E-state index contributed by atoms with van der Waals surface area (Å²) in [5, 5.41) is 4.21. The van der Waals surface area contributed by atoms with Crippen LogP contribution in [0.5, 0.6) is 0 Å². The van der Waals surface area contributed by atoms with Crippen LogP contribution in [0.3, 0.4) is 0 Å². The number of benzene rings is 1. The molecule has 1 aromatic carbocycles. The Morgan fingerprint density at radius 2 is 2.00 bits per heavy atom.